The van der Waals surface area contributed by atoms with Crippen molar-refractivity contribution in [1.29, 1.82) is 0 Å². The lowest BCUT2D eigenvalue weighted by Crippen LogP contribution is -2.52. The van der Waals surface area contributed by atoms with E-state index in [0.717, 1.165) is 11.1 Å². The van der Waals surface area contributed by atoms with Crippen molar-refractivity contribution in [2.24, 2.45) is 0 Å². The van der Waals surface area contributed by atoms with Crippen LogP contribution in [0.4, 0.5) is 4.39 Å². The average molecular weight is 545 g/mol. The maximum atomic E-state index is 13.6. The standard InChI is InChI=1S/C32H30ClFN2O3/c33-28-13-7-8-14-30(28)39-23-31(37)36(22-26-15-17-27(34)18-16-26)29(21-25-11-5-2-6-12-25)32(38)35-20-19-24-9-3-1-4-10-24/h1-18,29H,19-23H2,(H,35,38)/t29-/m0/s1. The van der Waals surface area contributed by atoms with Gasteiger partial charge in [-0.3, -0.25) is 9.59 Å². The largest absolute Gasteiger partial charge is 0.482 e. The molecule has 1 atom stereocenters. The monoisotopic (exact) mass is 544 g/mol. The van der Waals surface area contributed by atoms with Gasteiger partial charge in [0, 0.05) is 19.5 Å². The number of ether oxygens (including phenoxy) is 1. The lowest BCUT2D eigenvalue weighted by Gasteiger charge is -2.31. The highest BCUT2D eigenvalue weighted by Gasteiger charge is 2.30. The van der Waals surface area contributed by atoms with Crippen molar-refractivity contribution in [3.8, 4) is 5.75 Å². The molecule has 0 aliphatic heterocycles. The Balaban J connectivity index is 1.57. The van der Waals surface area contributed by atoms with E-state index in [1.807, 2.05) is 60.7 Å². The summed E-state index contributed by atoms with van der Waals surface area (Å²) in [6.07, 6.45) is 0.962. The van der Waals surface area contributed by atoms with Gasteiger partial charge in [-0.1, -0.05) is 96.5 Å². The van der Waals surface area contributed by atoms with Gasteiger partial charge in [-0.05, 0) is 47.4 Å². The molecular formula is C32H30ClFN2O3. The van der Waals surface area contributed by atoms with Crippen LogP contribution < -0.4 is 10.1 Å². The van der Waals surface area contributed by atoms with Crippen LogP contribution in [-0.4, -0.2) is 35.9 Å². The fourth-order valence-electron chi connectivity index (χ4n) is 4.22. The zero-order valence-corrected chi connectivity index (χ0v) is 22.2. The number of para-hydroxylation sites is 1. The lowest BCUT2D eigenvalue weighted by molar-refractivity contribution is -0.142. The molecule has 0 spiro atoms. The van der Waals surface area contributed by atoms with Crippen molar-refractivity contribution in [2.45, 2.75) is 25.4 Å². The second-order valence-electron chi connectivity index (χ2n) is 9.10. The molecule has 0 bridgehead atoms. The molecule has 39 heavy (non-hydrogen) atoms. The summed E-state index contributed by atoms with van der Waals surface area (Å²) >= 11 is 6.21. The highest BCUT2D eigenvalue weighted by Crippen LogP contribution is 2.23. The predicted molar refractivity (Wildman–Crippen MR) is 151 cm³/mol. The molecule has 4 aromatic carbocycles. The summed E-state index contributed by atoms with van der Waals surface area (Å²) in [6.45, 7) is 0.213. The Kier molecular flexibility index (Phi) is 10.1. The van der Waals surface area contributed by atoms with E-state index in [1.54, 1.807) is 36.4 Å². The zero-order chi connectivity index (χ0) is 27.5. The van der Waals surface area contributed by atoms with E-state index in [2.05, 4.69) is 5.32 Å². The SMILES string of the molecule is O=C(NCCc1ccccc1)[C@H](Cc1ccccc1)N(Cc1ccc(F)cc1)C(=O)COc1ccccc1Cl. The fourth-order valence-corrected chi connectivity index (χ4v) is 4.41. The lowest BCUT2D eigenvalue weighted by atomic mass is 10.0. The fraction of sp³-hybridized carbons (Fsp3) is 0.188. The molecule has 0 saturated carbocycles. The molecule has 1 N–H and O–H groups in total. The third-order valence-electron chi connectivity index (χ3n) is 6.28. The van der Waals surface area contributed by atoms with Gasteiger partial charge >= 0.3 is 0 Å². The predicted octanol–water partition coefficient (Wildman–Crippen LogP) is 5.86. The van der Waals surface area contributed by atoms with Crippen LogP contribution in [-0.2, 0) is 29.0 Å². The first-order chi connectivity index (χ1) is 19.0. The van der Waals surface area contributed by atoms with Crippen molar-refractivity contribution in [1.82, 2.24) is 10.2 Å². The van der Waals surface area contributed by atoms with E-state index in [0.29, 0.717) is 35.7 Å². The van der Waals surface area contributed by atoms with Crippen molar-refractivity contribution in [2.75, 3.05) is 13.2 Å². The van der Waals surface area contributed by atoms with Crippen LogP contribution in [0.3, 0.4) is 0 Å². The Labute approximate surface area is 233 Å². The molecule has 0 aliphatic rings. The van der Waals surface area contributed by atoms with E-state index in [9.17, 15) is 14.0 Å². The third kappa shape index (κ3) is 8.42. The van der Waals surface area contributed by atoms with Crippen LogP contribution in [0.25, 0.3) is 0 Å². The summed E-state index contributed by atoms with van der Waals surface area (Å²) in [7, 11) is 0. The molecule has 2 amide bonds. The summed E-state index contributed by atoms with van der Waals surface area (Å²) in [5.41, 5.74) is 2.70. The molecule has 0 unspecified atom stereocenters. The number of carbonyl (C=O) groups is 2. The maximum absolute atomic E-state index is 13.6. The van der Waals surface area contributed by atoms with E-state index in [4.69, 9.17) is 16.3 Å². The normalized spacial score (nSPS) is 11.4. The molecule has 0 radical (unpaired) electrons. The van der Waals surface area contributed by atoms with Crippen LogP contribution >= 0.6 is 11.6 Å². The number of hydrogen-bond donors (Lipinski definition) is 1. The van der Waals surface area contributed by atoms with Crippen molar-refractivity contribution in [3.63, 3.8) is 0 Å². The Morgan fingerprint density at radius 3 is 2.08 bits per heavy atom. The van der Waals surface area contributed by atoms with E-state index >= 15 is 0 Å². The minimum absolute atomic E-state index is 0.106. The summed E-state index contributed by atoms with van der Waals surface area (Å²) in [4.78, 5) is 28.8. The van der Waals surface area contributed by atoms with Gasteiger partial charge in [-0.15, -0.1) is 0 Å². The molecule has 0 fully saturated rings. The molecule has 0 heterocycles. The van der Waals surface area contributed by atoms with Crippen molar-refractivity contribution >= 4 is 23.4 Å². The van der Waals surface area contributed by atoms with Gasteiger partial charge in [-0.25, -0.2) is 4.39 Å². The van der Waals surface area contributed by atoms with Gasteiger partial charge in [0.05, 0.1) is 5.02 Å². The molecule has 0 aromatic heterocycles. The first-order valence-corrected chi connectivity index (χ1v) is 13.1. The van der Waals surface area contributed by atoms with Crippen LogP contribution in [0, 0.1) is 5.82 Å². The van der Waals surface area contributed by atoms with E-state index < -0.39 is 11.9 Å². The topological polar surface area (TPSA) is 58.6 Å². The number of nitrogens with zero attached hydrogens (tertiary/aromatic N) is 1. The smallest absolute Gasteiger partial charge is 0.261 e. The van der Waals surface area contributed by atoms with Crippen molar-refractivity contribution < 1.29 is 18.7 Å². The van der Waals surface area contributed by atoms with Gasteiger partial charge < -0.3 is 15.0 Å². The molecule has 200 valence electrons. The molecular weight excluding hydrogens is 515 g/mol. The summed E-state index contributed by atoms with van der Waals surface area (Å²) < 4.78 is 19.3. The zero-order valence-electron chi connectivity index (χ0n) is 21.4. The minimum Gasteiger partial charge on any atom is -0.482 e. The number of amides is 2. The van der Waals surface area contributed by atoms with Gasteiger partial charge in [0.15, 0.2) is 6.61 Å². The molecule has 0 saturated heterocycles. The first kappa shape index (κ1) is 27.9. The number of rotatable bonds is 12. The molecule has 7 heteroatoms. The van der Waals surface area contributed by atoms with Crippen LogP contribution in [0.1, 0.15) is 16.7 Å². The van der Waals surface area contributed by atoms with Gasteiger partial charge in [-0.2, -0.15) is 0 Å². The Bertz CT molecular complexity index is 1350. The summed E-state index contributed by atoms with van der Waals surface area (Å²) in [6, 6.07) is 31.4. The highest BCUT2D eigenvalue weighted by atomic mass is 35.5. The van der Waals surface area contributed by atoms with Gasteiger partial charge in [0.2, 0.25) is 5.91 Å². The highest BCUT2D eigenvalue weighted by molar-refractivity contribution is 6.32. The molecule has 0 aliphatic carbocycles. The van der Waals surface area contributed by atoms with Gasteiger partial charge in [0.1, 0.15) is 17.6 Å². The van der Waals surface area contributed by atoms with Crippen LogP contribution in [0.5, 0.6) is 5.75 Å². The van der Waals surface area contributed by atoms with E-state index in [-0.39, 0.29) is 24.9 Å². The van der Waals surface area contributed by atoms with Gasteiger partial charge in [0.25, 0.3) is 5.91 Å². The maximum Gasteiger partial charge on any atom is 0.261 e. The Morgan fingerprint density at radius 2 is 1.41 bits per heavy atom. The first-order valence-electron chi connectivity index (χ1n) is 12.8. The quantitative estimate of drug-likeness (QED) is 0.243. The Morgan fingerprint density at radius 1 is 0.795 bits per heavy atom. The minimum atomic E-state index is -0.824. The second-order valence-corrected chi connectivity index (χ2v) is 9.51. The van der Waals surface area contributed by atoms with Crippen LogP contribution in [0.2, 0.25) is 5.02 Å². The summed E-state index contributed by atoms with van der Waals surface area (Å²) in [5, 5.41) is 3.39. The second kappa shape index (κ2) is 14.1. The van der Waals surface area contributed by atoms with Crippen LogP contribution in [0.15, 0.2) is 109 Å². The number of halogens is 2. The number of carbonyl (C=O) groups excluding carboxylic acids is 2. The van der Waals surface area contributed by atoms with Crippen molar-refractivity contribution in [3.05, 3.63) is 137 Å². The molecule has 4 aromatic rings. The summed E-state index contributed by atoms with van der Waals surface area (Å²) in [5.74, 6) is -0.666. The third-order valence-corrected chi connectivity index (χ3v) is 6.59. The average Bonchev–Trinajstić information content (AvgIpc) is 2.96. The molecule has 5 nitrogen and oxygen atoms in total. The number of nitrogens with one attached hydrogen (secondary N) is 1. The van der Waals surface area contributed by atoms with E-state index in [1.165, 1.54) is 17.0 Å². The number of benzene rings is 4. The molecule has 4 rings (SSSR count). The number of hydrogen-bond acceptors (Lipinski definition) is 3. The Hall–Kier alpha value is -4.16.